The van der Waals surface area contributed by atoms with Crippen LogP contribution >= 0.6 is 0 Å². The van der Waals surface area contributed by atoms with E-state index in [4.69, 9.17) is 4.98 Å². The number of rotatable bonds is 3. The van der Waals surface area contributed by atoms with E-state index in [9.17, 15) is 0 Å². The summed E-state index contributed by atoms with van der Waals surface area (Å²) < 4.78 is 2.23. The van der Waals surface area contributed by atoms with Gasteiger partial charge in [0, 0.05) is 12.7 Å². The highest BCUT2D eigenvalue weighted by molar-refractivity contribution is 5.21. The van der Waals surface area contributed by atoms with Crippen molar-refractivity contribution in [3.8, 4) is 0 Å². The summed E-state index contributed by atoms with van der Waals surface area (Å²) in [6, 6.07) is 0. The molecule has 1 aromatic rings. The van der Waals surface area contributed by atoms with Gasteiger partial charge < -0.3 is 9.88 Å². The standard InChI is InChI=1S/C12H21N3/c1-8-9(2)15(5)11(14-8)12(3,13-4)10-6-7-10/h10,13H,6-7H2,1-5H3. The average molecular weight is 207 g/mol. The van der Waals surface area contributed by atoms with Crippen LogP contribution in [-0.2, 0) is 12.6 Å². The quantitative estimate of drug-likeness (QED) is 0.820. The van der Waals surface area contributed by atoms with Crippen LogP contribution in [0.1, 0.15) is 37.0 Å². The maximum atomic E-state index is 4.71. The molecule has 1 fully saturated rings. The zero-order valence-electron chi connectivity index (χ0n) is 10.4. The minimum atomic E-state index is 0.0494. The van der Waals surface area contributed by atoms with E-state index in [0.29, 0.717) is 0 Å². The molecule has 1 unspecified atom stereocenters. The first-order valence-corrected chi connectivity index (χ1v) is 5.70. The summed E-state index contributed by atoms with van der Waals surface area (Å²) in [5.41, 5.74) is 2.47. The molecular formula is C12H21N3. The highest BCUT2D eigenvalue weighted by Gasteiger charge is 2.44. The number of aromatic nitrogens is 2. The SMILES string of the molecule is CNC(C)(c1nc(C)c(C)n1C)C1CC1. The Morgan fingerprint density at radius 3 is 2.33 bits per heavy atom. The van der Waals surface area contributed by atoms with Crippen molar-refractivity contribution < 1.29 is 0 Å². The number of aryl methyl sites for hydroxylation is 1. The lowest BCUT2D eigenvalue weighted by atomic mass is 9.95. The molecule has 1 N–H and O–H groups in total. The molecule has 1 aromatic heterocycles. The first-order valence-electron chi connectivity index (χ1n) is 5.70. The molecule has 15 heavy (non-hydrogen) atoms. The maximum absolute atomic E-state index is 4.71. The Hall–Kier alpha value is -0.830. The lowest BCUT2D eigenvalue weighted by molar-refractivity contribution is 0.316. The minimum Gasteiger partial charge on any atom is -0.334 e. The van der Waals surface area contributed by atoms with Gasteiger partial charge in [0.05, 0.1) is 11.2 Å². The summed E-state index contributed by atoms with van der Waals surface area (Å²) in [5.74, 6) is 1.94. The number of imidazole rings is 1. The molecule has 0 saturated heterocycles. The van der Waals surface area contributed by atoms with Crippen LogP contribution in [0.4, 0.5) is 0 Å². The number of nitrogens with one attached hydrogen (secondary N) is 1. The molecule has 84 valence electrons. The fourth-order valence-corrected chi connectivity index (χ4v) is 2.34. The predicted molar refractivity (Wildman–Crippen MR) is 61.8 cm³/mol. The summed E-state index contributed by atoms with van der Waals surface area (Å²) in [5, 5.41) is 3.45. The summed E-state index contributed by atoms with van der Waals surface area (Å²) >= 11 is 0. The third-order valence-corrected chi connectivity index (χ3v) is 4.00. The van der Waals surface area contributed by atoms with E-state index in [1.54, 1.807) is 0 Å². The molecule has 0 bridgehead atoms. The van der Waals surface area contributed by atoms with E-state index in [0.717, 1.165) is 11.6 Å². The van der Waals surface area contributed by atoms with Crippen molar-refractivity contribution in [3.63, 3.8) is 0 Å². The van der Waals surface area contributed by atoms with Crippen LogP contribution in [0.2, 0.25) is 0 Å². The van der Waals surface area contributed by atoms with Gasteiger partial charge in [-0.1, -0.05) is 0 Å². The van der Waals surface area contributed by atoms with Crippen molar-refractivity contribution in [1.29, 1.82) is 0 Å². The van der Waals surface area contributed by atoms with Crippen LogP contribution in [-0.4, -0.2) is 16.6 Å². The Labute approximate surface area is 91.9 Å². The molecule has 3 nitrogen and oxygen atoms in total. The van der Waals surface area contributed by atoms with Gasteiger partial charge in [-0.3, -0.25) is 0 Å². The van der Waals surface area contributed by atoms with E-state index in [1.165, 1.54) is 24.4 Å². The van der Waals surface area contributed by atoms with Gasteiger partial charge in [0.15, 0.2) is 0 Å². The Balaban J connectivity index is 2.46. The molecule has 1 aliphatic carbocycles. The Kier molecular flexibility index (Phi) is 2.38. The van der Waals surface area contributed by atoms with E-state index in [1.807, 2.05) is 7.05 Å². The maximum Gasteiger partial charge on any atom is 0.129 e. The number of hydrogen-bond acceptors (Lipinski definition) is 2. The molecule has 3 heteroatoms. The van der Waals surface area contributed by atoms with E-state index in [-0.39, 0.29) is 5.54 Å². The van der Waals surface area contributed by atoms with Gasteiger partial charge in [0.25, 0.3) is 0 Å². The number of nitrogens with zero attached hydrogens (tertiary/aromatic N) is 2. The van der Waals surface area contributed by atoms with Crippen LogP contribution in [0.25, 0.3) is 0 Å². The Morgan fingerprint density at radius 2 is 2.00 bits per heavy atom. The highest BCUT2D eigenvalue weighted by atomic mass is 15.1. The largest absolute Gasteiger partial charge is 0.334 e. The highest BCUT2D eigenvalue weighted by Crippen LogP contribution is 2.44. The van der Waals surface area contributed by atoms with Gasteiger partial charge in [-0.25, -0.2) is 4.98 Å². The van der Waals surface area contributed by atoms with Crippen molar-refractivity contribution >= 4 is 0 Å². The normalized spacial score (nSPS) is 20.3. The van der Waals surface area contributed by atoms with E-state index in [2.05, 4.69) is 37.7 Å². The smallest absolute Gasteiger partial charge is 0.129 e. The van der Waals surface area contributed by atoms with Crippen molar-refractivity contribution in [2.75, 3.05) is 7.05 Å². The Morgan fingerprint density at radius 1 is 1.40 bits per heavy atom. The topological polar surface area (TPSA) is 29.9 Å². The second-order valence-corrected chi connectivity index (χ2v) is 4.89. The van der Waals surface area contributed by atoms with E-state index < -0.39 is 0 Å². The minimum absolute atomic E-state index is 0.0494. The molecule has 2 rings (SSSR count). The van der Waals surface area contributed by atoms with Crippen molar-refractivity contribution in [2.45, 2.75) is 39.2 Å². The van der Waals surface area contributed by atoms with Gasteiger partial charge in [-0.15, -0.1) is 0 Å². The van der Waals surface area contributed by atoms with Crippen molar-refractivity contribution in [3.05, 3.63) is 17.2 Å². The molecule has 1 heterocycles. The van der Waals surface area contributed by atoms with Crippen LogP contribution in [0.5, 0.6) is 0 Å². The van der Waals surface area contributed by atoms with Crippen LogP contribution in [0.15, 0.2) is 0 Å². The van der Waals surface area contributed by atoms with Crippen molar-refractivity contribution in [1.82, 2.24) is 14.9 Å². The summed E-state index contributed by atoms with van der Waals surface area (Å²) in [6.07, 6.45) is 2.64. The summed E-state index contributed by atoms with van der Waals surface area (Å²) in [7, 11) is 4.15. The van der Waals surface area contributed by atoms with Crippen LogP contribution in [0, 0.1) is 19.8 Å². The molecule has 0 radical (unpaired) electrons. The van der Waals surface area contributed by atoms with E-state index >= 15 is 0 Å². The first-order chi connectivity index (χ1) is 7.00. The molecule has 1 aliphatic rings. The number of hydrogen-bond donors (Lipinski definition) is 1. The second-order valence-electron chi connectivity index (χ2n) is 4.89. The fourth-order valence-electron chi connectivity index (χ4n) is 2.34. The lowest BCUT2D eigenvalue weighted by Gasteiger charge is -2.28. The molecule has 0 aliphatic heterocycles. The molecule has 0 spiro atoms. The molecule has 0 aromatic carbocycles. The first kappa shape index (κ1) is 10.7. The third-order valence-electron chi connectivity index (χ3n) is 4.00. The predicted octanol–water partition coefficient (Wildman–Crippen LogP) is 1.88. The molecule has 1 saturated carbocycles. The zero-order valence-corrected chi connectivity index (χ0v) is 10.4. The van der Waals surface area contributed by atoms with Gasteiger partial charge in [0.2, 0.25) is 0 Å². The van der Waals surface area contributed by atoms with Gasteiger partial charge in [-0.05, 0) is 46.6 Å². The second kappa shape index (κ2) is 3.34. The summed E-state index contributed by atoms with van der Waals surface area (Å²) in [6.45, 7) is 6.49. The zero-order chi connectivity index (χ0) is 11.2. The molecule has 1 atom stereocenters. The average Bonchev–Trinajstić information content (AvgIpc) is 3.03. The lowest BCUT2D eigenvalue weighted by Crippen LogP contribution is -2.41. The fraction of sp³-hybridized carbons (Fsp3) is 0.750. The van der Waals surface area contributed by atoms with Crippen LogP contribution < -0.4 is 5.32 Å². The van der Waals surface area contributed by atoms with Gasteiger partial charge in [0.1, 0.15) is 5.82 Å². The summed E-state index contributed by atoms with van der Waals surface area (Å²) in [4.78, 5) is 4.71. The van der Waals surface area contributed by atoms with Crippen molar-refractivity contribution in [2.24, 2.45) is 13.0 Å². The third kappa shape index (κ3) is 1.49. The monoisotopic (exact) mass is 207 g/mol. The van der Waals surface area contributed by atoms with Gasteiger partial charge >= 0.3 is 0 Å². The molecule has 0 amide bonds. The Bertz CT molecular complexity index is 376. The van der Waals surface area contributed by atoms with Crippen LogP contribution in [0.3, 0.4) is 0 Å². The van der Waals surface area contributed by atoms with Gasteiger partial charge in [-0.2, -0.15) is 0 Å². The molecular weight excluding hydrogens is 186 g/mol.